The molecule has 0 atom stereocenters. The molecule has 0 fully saturated rings. The molecule has 1 aromatic heterocycles. The lowest BCUT2D eigenvalue weighted by molar-refractivity contribution is 0.441. The van der Waals surface area contributed by atoms with E-state index in [9.17, 15) is 0 Å². The van der Waals surface area contributed by atoms with Crippen LogP contribution < -0.4 is 5.32 Å². The minimum atomic E-state index is 0.213. The smallest absolute Gasteiger partial charge is 0.0960 e. The van der Waals surface area contributed by atoms with Crippen LogP contribution in [0.2, 0.25) is 0 Å². The van der Waals surface area contributed by atoms with Crippen molar-refractivity contribution in [3.05, 3.63) is 24.4 Å². The largest absolute Gasteiger partial charge is 0.311 e. The van der Waals surface area contributed by atoms with Crippen LogP contribution in [0.15, 0.2) is 29.4 Å². The molecule has 0 aromatic carbocycles. The molecule has 0 saturated carbocycles. The molecule has 1 aromatic rings. The lowest BCUT2D eigenvalue weighted by Crippen LogP contribution is -2.37. The van der Waals surface area contributed by atoms with Gasteiger partial charge >= 0.3 is 0 Å². The Morgan fingerprint density at radius 3 is 2.71 bits per heavy atom. The van der Waals surface area contributed by atoms with Gasteiger partial charge in [0.1, 0.15) is 0 Å². The van der Waals surface area contributed by atoms with E-state index in [0.29, 0.717) is 0 Å². The summed E-state index contributed by atoms with van der Waals surface area (Å²) in [5.41, 5.74) is 0.213. The van der Waals surface area contributed by atoms with Gasteiger partial charge in [-0.25, -0.2) is 4.98 Å². The summed E-state index contributed by atoms with van der Waals surface area (Å²) in [5, 5.41) is 4.54. The second-order valence-corrected chi connectivity index (χ2v) is 5.31. The molecule has 0 aliphatic carbocycles. The highest BCUT2D eigenvalue weighted by molar-refractivity contribution is 7.99. The van der Waals surface area contributed by atoms with Gasteiger partial charge in [0.2, 0.25) is 0 Å². The Morgan fingerprint density at radius 2 is 2.14 bits per heavy atom. The highest BCUT2D eigenvalue weighted by Crippen LogP contribution is 2.13. The first-order valence-electron chi connectivity index (χ1n) is 4.87. The van der Waals surface area contributed by atoms with Crippen LogP contribution in [0.5, 0.6) is 0 Å². The average molecular weight is 210 g/mol. The number of nitrogens with zero attached hydrogens (tertiary/aromatic N) is 1. The van der Waals surface area contributed by atoms with E-state index in [1.54, 1.807) is 11.8 Å². The van der Waals surface area contributed by atoms with Gasteiger partial charge in [0.25, 0.3) is 0 Å². The summed E-state index contributed by atoms with van der Waals surface area (Å²) in [5.74, 6) is 1.06. The van der Waals surface area contributed by atoms with Gasteiger partial charge in [-0.1, -0.05) is 6.07 Å². The van der Waals surface area contributed by atoms with E-state index in [0.717, 1.165) is 17.3 Å². The Morgan fingerprint density at radius 1 is 1.36 bits per heavy atom. The molecule has 1 heterocycles. The zero-order valence-electron chi connectivity index (χ0n) is 9.08. The van der Waals surface area contributed by atoms with Gasteiger partial charge in [0.05, 0.1) is 5.03 Å². The molecule has 14 heavy (non-hydrogen) atoms. The SMILES string of the molecule is CC(C)(C)NCCSc1ccccn1. The lowest BCUT2D eigenvalue weighted by Gasteiger charge is -2.20. The van der Waals surface area contributed by atoms with Crippen molar-refractivity contribution in [1.82, 2.24) is 10.3 Å². The minimum absolute atomic E-state index is 0.213. The van der Waals surface area contributed by atoms with Gasteiger partial charge in [-0.15, -0.1) is 11.8 Å². The lowest BCUT2D eigenvalue weighted by atomic mass is 10.1. The summed E-state index contributed by atoms with van der Waals surface area (Å²) >= 11 is 1.79. The summed E-state index contributed by atoms with van der Waals surface area (Å²) in [4.78, 5) is 4.25. The van der Waals surface area contributed by atoms with Gasteiger partial charge < -0.3 is 5.32 Å². The van der Waals surface area contributed by atoms with Crippen LogP contribution in [0.3, 0.4) is 0 Å². The quantitative estimate of drug-likeness (QED) is 0.610. The molecule has 0 radical (unpaired) electrons. The van der Waals surface area contributed by atoms with Gasteiger partial charge in [0.15, 0.2) is 0 Å². The first-order chi connectivity index (χ1) is 6.58. The van der Waals surface area contributed by atoms with Crippen LogP contribution in [0.1, 0.15) is 20.8 Å². The maximum Gasteiger partial charge on any atom is 0.0960 e. The number of rotatable bonds is 4. The standard InChI is InChI=1S/C11H18N2S/c1-11(2,3)13-8-9-14-10-6-4-5-7-12-10/h4-7,13H,8-9H2,1-3H3. The number of nitrogens with one attached hydrogen (secondary N) is 1. The van der Waals surface area contributed by atoms with Crippen molar-refractivity contribution >= 4 is 11.8 Å². The Balaban J connectivity index is 2.17. The van der Waals surface area contributed by atoms with Crippen LogP contribution in [-0.4, -0.2) is 22.8 Å². The molecule has 0 amide bonds. The number of hydrogen-bond donors (Lipinski definition) is 1. The molecule has 3 heteroatoms. The van der Waals surface area contributed by atoms with E-state index < -0.39 is 0 Å². The summed E-state index contributed by atoms with van der Waals surface area (Å²) in [7, 11) is 0. The summed E-state index contributed by atoms with van der Waals surface area (Å²) in [6.07, 6.45) is 1.83. The molecule has 78 valence electrons. The van der Waals surface area contributed by atoms with Crippen molar-refractivity contribution in [3.8, 4) is 0 Å². The van der Waals surface area contributed by atoms with E-state index in [-0.39, 0.29) is 5.54 Å². The molecule has 0 unspecified atom stereocenters. The van der Waals surface area contributed by atoms with Gasteiger partial charge in [-0.3, -0.25) is 0 Å². The molecule has 0 saturated heterocycles. The molecule has 1 N–H and O–H groups in total. The predicted octanol–water partition coefficient (Wildman–Crippen LogP) is 2.56. The topological polar surface area (TPSA) is 24.9 Å². The summed E-state index contributed by atoms with van der Waals surface area (Å²) in [6, 6.07) is 6.01. The van der Waals surface area contributed by atoms with Crippen molar-refractivity contribution in [2.45, 2.75) is 31.3 Å². The van der Waals surface area contributed by atoms with Crippen molar-refractivity contribution < 1.29 is 0 Å². The van der Waals surface area contributed by atoms with Crippen LogP contribution in [0.25, 0.3) is 0 Å². The van der Waals surface area contributed by atoms with Crippen molar-refractivity contribution in [1.29, 1.82) is 0 Å². The van der Waals surface area contributed by atoms with Crippen molar-refractivity contribution in [2.75, 3.05) is 12.3 Å². The highest BCUT2D eigenvalue weighted by Gasteiger charge is 2.07. The zero-order valence-corrected chi connectivity index (χ0v) is 9.90. The van der Waals surface area contributed by atoms with Crippen LogP contribution >= 0.6 is 11.8 Å². The van der Waals surface area contributed by atoms with E-state index in [1.165, 1.54) is 0 Å². The predicted molar refractivity (Wildman–Crippen MR) is 62.7 cm³/mol. The first-order valence-corrected chi connectivity index (χ1v) is 5.85. The van der Waals surface area contributed by atoms with Gasteiger partial charge in [0, 0.05) is 24.0 Å². The number of pyridine rings is 1. The van der Waals surface area contributed by atoms with Crippen LogP contribution in [0, 0.1) is 0 Å². The fraction of sp³-hybridized carbons (Fsp3) is 0.545. The normalized spacial score (nSPS) is 11.6. The third kappa shape index (κ3) is 5.25. The van der Waals surface area contributed by atoms with Crippen molar-refractivity contribution in [2.24, 2.45) is 0 Å². The Hall–Kier alpha value is -0.540. The fourth-order valence-electron chi connectivity index (χ4n) is 1.01. The minimum Gasteiger partial charge on any atom is -0.311 e. The maximum absolute atomic E-state index is 4.25. The molecular formula is C11H18N2S. The molecule has 0 aliphatic heterocycles. The molecule has 1 rings (SSSR count). The highest BCUT2D eigenvalue weighted by atomic mass is 32.2. The Bertz CT molecular complexity index is 254. The van der Waals surface area contributed by atoms with Gasteiger partial charge in [-0.05, 0) is 32.9 Å². The zero-order chi connectivity index (χ0) is 10.4. The second-order valence-electron chi connectivity index (χ2n) is 4.19. The summed E-state index contributed by atoms with van der Waals surface area (Å²) < 4.78 is 0. The molecule has 0 spiro atoms. The first kappa shape index (κ1) is 11.5. The molecule has 0 bridgehead atoms. The number of aromatic nitrogens is 1. The number of hydrogen-bond acceptors (Lipinski definition) is 3. The average Bonchev–Trinajstić information content (AvgIpc) is 2.13. The molecule has 0 aliphatic rings. The summed E-state index contributed by atoms with van der Waals surface area (Å²) in [6.45, 7) is 7.56. The maximum atomic E-state index is 4.25. The monoisotopic (exact) mass is 210 g/mol. The Labute approximate surface area is 90.5 Å². The van der Waals surface area contributed by atoms with Gasteiger partial charge in [-0.2, -0.15) is 0 Å². The fourth-order valence-corrected chi connectivity index (χ4v) is 1.74. The van der Waals surface area contributed by atoms with Crippen LogP contribution in [0.4, 0.5) is 0 Å². The van der Waals surface area contributed by atoms with Crippen LogP contribution in [-0.2, 0) is 0 Å². The van der Waals surface area contributed by atoms with E-state index >= 15 is 0 Å². The second kappa shape index (κ2) is 5.37. The third-order valence-corrected chi connectivity index (χ3v) is 2.59. The Kier molecular flexibility index (Phi) is 4.42. The van der Waals surface area contributed by atoms with E-state index in [2.05, 4.69) is 31.1 Å². The molecule has 2 nitrogen and oxygen atoms in total. The third-order valence-electron chi connectivity index (χ3n) is 1.65. The number of thioether (sulfide) groups is 1. The molecular weight excluding hydrogens is 192 g/mol. The van der Waals surface area contributed by atoms with E-state index in [4.69, 9.17) is 0 Å². The van der Waals surface area contributed by atoms with E-state index in [1.807, 2.05) is 24.4 Å². The van der Waals surface area contributed by atoms with Crippen molar-refractivity contribution in [3.63, 3.8) is 0 Å².